The van der Waals surface area contributed by atoms with Gasteiger partial charge in [-0.1, -0.05) is 5.16 Å². The first-order valence-corrected chi connectivity index (χ1v) is 6.80. The normalized spacial score (nSPS) is 19.2. The highest BCUT2D eigenvalue weighted by Crippen LogP contribution is 2.38. The van der Waals surface area contributed by atoms with E-state index in [-0.39, 0.29) is 0 Å². The van der Waals surface area contributed by atoms with Crippen LogP contribution in [0.15, 0.2) is 16.0 Å². The average Bonchev–Trinajstić information content (AvgIpc) is 2.96. The van der Waals surface area contributed by atoms with Crippen molar-refractivity contribution in [1.29, 1.82) is 0 Å². The van der Waals surface area contributed by atoms with Gasteiger partial charge in [-0.3, -0.25) is 0 Å². The summed E-state index contributed by atoms with van der Waals surface area (Å²) in [5, 5.41) is 9.19. The van der Waals surface area contributed by atoms with Crippen molar-refractivity contribution in [3.63, 3.8) is 0 Å². The molecule has 90 valence electrons. The van der Waals surface area contributed by atoms with Crippen LogP contribution in [0.25, 0.3) is 0 Å². The van der Waals surface area contributed by atoms with Gasteiger partial charge in [0.2, 0.25) is 5.89 Å². The average molecular weight is 249 g/mol. The number of hydrogen-bond acceptors (Lipinski definition) is 5. The van der Waals surface area contributed by atoms with Gasteiger partial charge in [0.05, 0.1) is 12.5 Å². The molecule has 17 heavy (non-hydrogen) atoms. The Bertz CT molecular complexity index is 505. The van der Waals surface area contributed by atoms with Crippen molar-refractivity contribution in [1.82, 2.24) is 15.5 Å². The first kappa shape index (κ1) is 10.9. The maximum atomic E-state index is 5.39. The van der Waals surface area contributed by atoms with Crippen molar-refractivity contribution in [2.24, 2.45) is 0 Å². The minimum absolute atomic E-state index is 0.308. The molecular formula is C12H15N3OS. The van der Waals surface area contributed by atoms with Gasteiger partial charge in [-0.25, -0.2) is 0 Å². The van der Waals surface area contributed by atoms with Crippen molar-refractivity contribution in [2.75, 3.05) is 7.05 Å². The molecule has 2 aromatic rings. The van der Waals surface area contributed by atoms with Crippen LogP contribution in [0.1, 0.15) is 40.9 Å². The molecule has 1 N–H and O–H groups in total. The predicted molar refractivity (Wildman–Crippen MR) is 66.2 cm³/mol. The monoisotopic (exact) mass is 249 g/mol. The Kier molecular flexibility index (Phi) is 2.94. The molecule has 3 rings (SSSR count). The molecule has 0 aromatic carbocycles. The minimum Gasteiger partial charge on any atom is -0.339 e. The molecule has 5 heteroatoms. The van der Waals surface area contributed by atoms with E-state index in [1.165, 1.54) is 23.3 Å². The van der Waals surface area contributed by atoms with Crippen molar-refractivity contribution in [2.45, 2.75) is 31.7 Å². The summed E-state index contributed by atoms with van der Waals surface area (Å²) in [6.45, 7) is 0.659. The fraction of sp³-hybridized carbons (Fsp3) is 0.500. The Morgan fingerprint density at radius 3 is 3.41 bits per heavy atom. The van der Waals surface area contributed by atoms with E-state index in [9.17, 15) is 0 Å². The molecule has 1 aliphatic rings. The van der Waals surface area contributed by atoms with Gasteiger partial charge in [-0.05, 0) is 43.3 Å². The first-order valence-electron chi connectivity index (χ1n) is 5.92. The van der Waals surface area contributed by atoms with Crippen LogP contribution < -0.4 is 5.32 Å². The highest BCUT2D eigenvalue weighted by atomic mass is 32.1. The summed E-state index contributed by atoms with van der Waals surface area (Å²) in [4.78, 5) is 5.95. The van der Waals surface area contributed by atoms with Crippen LogP contribution in [0.2, 0.25) is 0 Å². The zero-order valence-electron chi connectivity index (χ0n) is 9.77. The lowest BCUT2D eigenvalue weighted by molar-refractivity contribution is 0.350. The van der Waals surface area contributed by atoms with E-state index in [0.29, 0.717) is 12.5 Å². The highest BCUT2D eigenvalue weighted by molar-refractivity contribution is 7.10. The second-order valence-corrected chi connectivity index (χ2v) is 5.32. The first-order chi connectivity index (χ1) is 8.38. The molecule has 0 fully saturated rings. The van der Waals surface area contributed by atoms with Crippen molar-refractivity contribution < 1.29 is 4.52 Å². The predicted octanol–water partition coefficient (Wildman–Crippen LogP) is 2.32. The zero-order chi connectivity index (χ0) is 11.7. The van der Waals surface area contributed by atoms with Gasteiger partial charge in [-0.15, -0.1) is 11.3 Å². The van der Waals surface area contributed by atoms with Gasteiger partial charge in [0, 0.05) is 4.88 Å². The van der Waals surface area contributed by atoms with Crippen molar-refractivity contribution >= 4 is 11.3 Å². The summed E-state index contributed by atoms with van der Waals surface area (Å²) in [5.41, 5.74) is 1.39. The number of thiophene rings is 1. The molecule has 0 saturated carbocycles. The van der Waals surface area contributed by atoms with E-state index in [1.807, 2.05) is 18.4 Å². The van der Waals surface area contributed by atoms with Crippen LogP contribution in [0.4, 0.5) is 0 Å². The topological polar surface area (TPSA) is 51.0 Å². The van der Waals surface area contributed by atoms with Gasteiger partial charge in [0.25, 0.3) is 0 Å². The number of hydrogen-bond donors (Lipinski definition) is 1. The van der Waals surface area contributed by atoms with Gasteiger partial charge >= 0.3 is 0 Å². The van der Waals surface area contributed by atoms with Crippen LogP contribution >= 0.6 is 11.3 Å². The van der Waals surface area contributed by atoms with E-state index in [1.54, 1.807) is 0 Å². The zero-order valence-corrected chi connectivity index (χ0v) is 10.6. The van der Waals surface area contributed by atoms with Crippen LogP contribution in [-0.4, -0.2) is 17.2 Å². The van der Waals surface area contributed by atoms with E-state index in [4.69, 9.17) is 4.52 Å². The highest BCUT2D eigenvalue weighted by Gasteiger charge is 2.27. The Morgan fingerprint density at radius 2 is 2.53 bits per heavy atom. The smallest absolute Gasteiger partial charge is 0.234 e. The molecule has 0 bridgehead atoms. The van der Waals surface area contributed by atoms with Crippen LogP contribution in [-0.2, 0) is 13.0 Å². The quantitative estimate of drug-likeness (QED) is 0.907. The lowest BCUT2D eigenvalue weighted by atomic mass is 9.88. The number of rotatable bonds is 3. The Labute approximate surface area is 104 Å². The lowest BCUT2D eigenvalue weighted by Crippen LogP contribution is -2.10. The second kappa shape index (κ2) is 4.58. The molecule has 0 radical (unpaired) electrons. The molecule has 0 spiro atoms. The summed E-state index contributed by atoms with van der Waals surface area (Å²) in [6.07, 6.45) is 3.52. The maximum Gasteiger partial charge on any atom is 0.234 e. The molecule has 1 atom stereocenters. The molecule has 0 aliphatic heterocycles. The lowest BCUT2D eigenvalue weighted by Gasteiger charge is -2.18. The second-order valence-electron chi connectivity index (χ2n) is 4.32. The number of nitrogens with one attached hydrogen (secondary N) is 1. The van der Waals surface area contributed by atoms with Crippen molar-refractivity contribution in [3.05, 3.63) is 33.6 Å². The van der Waals surface area contributed by atoms with Gasteiger partial charge < -0.3 is 9.84 Å². The summed E-state index contributed by atoms with van der Waals surface area (Å²) in [5.74, 6) is 1.82. The third-order valence-electron chi connectivity index (χ3n) is 3.17. The summed E-state index contributed by atoms with van der Waals surface area (Å²) < 4.78 is 5.39. The fourth-order valence-electron chi connectivity index (χ4n) is 2.38. The van der Waals surface area contributed by atoms with Gasteiger partial charge in [0.1, 0.15) is 0 Å². The minimum atomic E-state index is 0.308. The van der Waals surface area contributed by atoms with E-state index in [0.717, 1.165) is 18.1 Å². The summed E-state index contributed by atoms with van der Waals surface area (Å²) in [6, 6.07) is 2.20. The molecule has 1 unspecified atom stereocenters. The summed E-state index contributed by atoms with van der Waals surface area (Å²) in [7, 11) is 1.88. The SMILES string of the molecule is CNCc1noc(C2CCCc3sccc32)n1. The third-order valence-corrected chi connectivity index (χ3v) is 4.17. The third kappa shape index (κ3) is 2.00. The van der Waals surface area contributed by atoms with Gasteiger partial charge in [-0.2, -0.15) is 4.98 Å². The Balaban J connectivity index is 1.90. The van der Waals surface area contributed by atoms with Gasteiger partial charge in [0.15, 0.2) is 5.82 Å². The van der Waals surface area contributed by atoms with Crippen LogP contribution in [0.5, 0.6) is 0 Å². The largest absolute Gasteiger partial charge is 0.339 e. The summed E-state index contributed by atoms with van der Waals surface area (Å²) >= 11 is 1.84. The molecule has 0 amide bonds. The fourth-order valence-corrected chi connectivity index (χ4v) is 3.37. The molecule has 2 heterocycles. The van der Waals surface area contributed by atoms with Crippen LogP contribution in [0.3, 0.4) is 0 Å². The number of aromatic nitrogens is 2. The Morgan fingerprint density at radius 1 is 1.59 bits per heavy atom. The molecule has 0 saturated heterocycles. The maximum absolute atomic E-state index is 5.39. The number of nitrogens with zero attached hydrogens (tertiary/aromatic N) is 2. The Hall–Kier alpha value is -1.20. The number of aryl methyl sites for hydroxylation is 1. The molecule has 2 aromatic heterocycles. The van der Waals surface area contributed by atoms with Crippen LogP contribution in [0, 0.1) is 0 Å². The standard InChI is InChI=1S/C12H15N3OS/c1-13-7-11-14-12(16-15-11)9-3-2-4-10-8(9)5-6-17-10/h5-6,9,13H,2-4,7H2,1H3. The molecular weight excluding hydrogens is 234 g/mol. The van der Waals surface area contributed by atoms with E-state index < -0.39 is 0 Å². The van der Waals surface area contributed by atoms with E-state index in [2.05, 4.69) is 26.9 Å². The van der Waals surface area contributed by atoms with Crippen molar-refractivity contribution in [3.8, 4) is 0 Å². The molecule has 1 aliphatic carbocycles. The number of fused-ring (bicyclic) bond motifs is 1. The molecule has 4 nitrogen and oxygen atoms in total. The van der Waals surface area contributed by atoms with E-state index >= 15 is 0 Å².